The Kier molecular flexibility index (Phi) is 5.35. The van der Waals surface area contributed by atoms with Crippen LogP contribution in [0.4, 0.5) is 4.79 Å². The third-order valence-electron chi connectivity index (χ3n) is 4.80. The molecule has 3 amide bonds. The van der Waals surface area contributed by atoms with Crippen LogP contribution in [0.15, 0.2) is 24.3 Å². The van der Waals surface area contributed by atoms with E-state index >= 15 is 0 Å². The number of amides is 3. The minimum Gasteiger partial charge on any atom is -0.380 e. The molecule has 2 heterocycles. The Bertz CT molecular complexity index is 582. The van der Waals surface area contributed by atoms with Gasteiger partial charge in [0.05, 0.1) is 6.10 Å². The molecule has 6 heteroatoms. The highest BCUT2D eigenvalue weighted by atomic mass is 16.5. The number of hydrogen-bond acceptors (Lipinski definition) is 3. The van der Waals surface area contributed by atoms with Crippen LogP contribution in [-0.4, -0.2) is 61.1 Å². The molecule has 6 nitrogen and oxygen atoms in total. The van der Waals surface area contributed by atoms with E-state index in [1.807, 2.05) is 29.2 Å². The van der Waals surface area contributed by atoms with Crippen molar-refractivity contribution in [3.63, 3.8) is 0 Å². The maximum atomic E-state index is 12.3. The summed E-state index contributed by atoms with van der Waals surface area (Å²) in [6, 6.07) is 7.45. The molecule has 1 atom stereocenters. The summed E-state index contributed by atoms with van der Waals surface area (Å²) in [5, 5.41) is 2.93. The van der Waals surface area contributed by atoms with Crippen molar-refractivity contribution in [1.29, 1.82) is 0 Å². The van der Waals surface area contributed by atoms with Crippen LogP contribution in [0.5, 0.6) is 0 Å². The highest BCUT2D eigenvalue weighted by Crippen LogP contribution is 2.14. The van der Waals surface area contributed by atoms with Gasteiger partial charge in [-0.05, 0) is 37.0 Å². The number of nitrogens with one attached hydrogen (secondary N) is 1. The van der Waals surface area contributed by atoms with E-state index in [1.54, 1.807) is 12.0 Å². The first-order chi connectivity index (χ1) is 11.7. The van der Waals surface area contributed by atoms with E-state index in [0.29, 0.717) is 13.1 Å². The number of rotatable bonds is 4. The van der Waals surface area contributed by atoms with Crippen molar-refractivity contribution in [3.8, 4) is 0 Å². The summed E-state index contributed by atoms with van der Waals surface area (Å²) in [7, 11) is 1.68. The van der Waals surface area contributed by atoms with Crippen molar-refractivity contribution >= 4 is 11.9 Å². The van der Waals surface area contributed by atoms with Gasteiger partial charge in [-0.3, -0.25) is 4.79 Å². The first-order valence-corrected chi connectivity index (χ1v) is 8.61. The lowest BCUT2D eigenvalue weighted by Crippen LogP contribution is -2.38. The van der Waals surface area contributed by atoms with E-state index < -0.39 is 0 Å². The summed E-state index contributed by atoms with van der Waals surface area (Å²) in [5.41, 5.74) is 1.71. The lowest BCUT2D eigenvalue weighted by Gasteiger charge is -2.17. The van der Waals surface area contributed by atoms with Crippen LogP contribution in [0.2, 0.25) is 0 Å². The summed E-state index contributed by atoms with van der Waals surface area (Å²) in [4.78, 5) is 28.1. The van der Waals surface area contributed by atoms with Gasteiger partial charge in [0.1, 0.15) is 0 Å². The zero-order valence-corrected chi connectivity index (χ0v) is 14.2. The quantitative estimate of drug-likeness (QED) is 0.916. The number of hydrogen-bond donors (Lipinski definition) is 1. The number of carbonyl (C=O) groups is 2. The van der Waals surface area contributed by atoms with Gasteiger partial charge in [0.2, 0.25) is 0 Å². The molecule has 1 unspecified atom stereocenters. The summed E-state index contributed by atoms with van der Waals surface area (Å²) >= 11 is 0. The van der Waals surface area contributed by atoms with Crippen LogP contribution in [0.1, 0.15) is 35.2 Å². The van der Waals surface area contributed by atoms with Gasteiger partial charge in [0, 0.05) is 45.4 Å². The van der Waals surface area contributed by atoms with Crippen LogP contribution in [-0.2, 0) is 11.3 Å². The second kappa shape index (κ2) is 7.66. The second-order valence-corrected chi connectivity index (χ2v) is 6.45. The molecule has 0 spiro atoms. The number of carbonyl (C=O) groups excluding carboxylic acids is 2. The van der Waals surface area contributed by atoms with Crippen molar-refractivity contribution in [3.05, 3.63) is 35.4 Å². The van der Waals surface area contributed by atoms with E-state index in [9.17, 15) is 9.59 Å². The highest BCUT2D eigenvalue weighted by Gasteiger charge is 2.25. The largest absolute Gasteiger partial charge is 0.380 e. The van der Waals surface area contributed by atoms with Gasteiger partial charge in [-0.2, -0.15) is 0 Å². The number of urea groups is 1. The molecule has 2 fully saturated rings. The lowest BCUT2D eigenvalue weighted by molar-refractivity contribution is 0.0793. The van der Waals surface area contributed by atoms with Gasteiger partial charge < -0.3 is 19.9 Å². The number of ether oxygens (including phenoxy) is 1. The molecule has 0 bridgehead atoms. The molecular formula is C18H25N3O3. The Morgan fingerprint density at radius 2 is 1.83 bits per heavy atom. The van der Waals surface area contributed by atoms with Crippen LogP contribution >= 0.6 is 0 Å². The summed E-state index contributed by atoms with van der Waals surface area (Å²) in [5.74, 6) is 0.103. The SMILES string of the molecule is COC1CCN(C(=O)NCc2ccc(C(=O)N3CCCC3)cc2)C1. The molecule has 0 radical (unpaired) electrons. The van der Waals surface area contributed by atoms with E-state index in [2.05, 4.69) is 5.32 Å². The highest BCUT2D eigenvalue weighted by molar-refractivity contribution is 5.94. The lowest BCUT2D eigenvalue weighted by atomic mass is 10.1. The average molecular weight is 331 g/mol. The first-order valence-electron chi connectivity index (χ1n) is 8.61. The van der Waals surface area contributed by atoms with Crippen molar-refractivity contribution < 1.29 is 14.3 Å². The van der Waals surface area contributed by atoms with Gasteiger partial charge in [-0.25, -0.2) is 4.79 Å². The summed E-state index contributed by atoms with van der Waals surface area (Å²) < 4.78 is 5.27. The standard InChI is InChI=1S/C18H25N3O3/c1-24-16-8-11-21(13-16)18(23)19-12-14-4-6-15(7-5-14)17(22)20-9-2-3-10-20/h4-7,16H,2-3,8-13H2,1H3,(H,19,23). The second-order valence-electron chi connectivity index (χ2n) is 6.45. The van der Waals surface area contributed by atoms with Crippen molar-refractivity contribution in [2.45, 2.75) is 31.9 Å². The fourth-order valence-electron chi connectivity index (χ4n) is 3.26. The molecule has 0 aromatic heterocycles. The van der Waals surface area contributed by atoms with E-state index in [-0.39, 0.29) is 18.0 Å². The molecule has 24 heavy (non-hydrogen) atoms. The molecule has 2 aliphatic heterocycles. The Morgan fingerprint density at radius 3 is 2.46 bits per heavy atom. The van der Waals surface area contributed by atoms with Crippen LogP contribution < -0.4 is 5.32 Å². The normalized spacial score (nSPS) is 20.5. The van der Waals surface area contributed by atoms with Crippen molar-refractivity contribution in [2.75, 3.05) is 33.3 Å². The maximum absolute atomic E-state index is 12.3. The van der Waals surface area contributed by atoms with E-state index in [1.165, 1.54) is 0 Å². The number of likely N-dealkylation sites (tertiary alicyclic amines) is 2. The third kappa shape index (κ3) is 3.87. The van der Waals surface area contributed by atoms with Crippen molar-refractivity contribution in [2.24, 2.45) is 0 Å². The molecule has 0 saturated carbocycles. The Morgan fingerprint density at radius 1 is 1.12 bits per heavy atom. The topological polar surface area (TPSA) is 61.9 Å². The Balaban J connectivity index is 1.49. The number of methoxy groups -OCH3 is 1. The fourth-order valence-corrected chi connectivity index (χ4v) is 3.26. The monoisotopic (exact) mass is 331 g/mol. The Hall–Kier alpha value is -2.08. The Labute approximate surface area is 142 Å². The van der Waals surface area contributed by atoms with E-state index in [4.69, 9.17) is 4.74 Å². The van der Waals surface area contributed by atoms with Gasteiger partial charge in [-0.1, -0.05) is 12.1 Å². The molecule has 0 aliphatic carbocycles. The molecule has 1 N–H and O–H groups in total. The summed E-state index contributed by atoms with van der Waals surface area (Å²) in [6.45, 7) is 3.55. The van der Waals surface area contributed by atoms with Crippen LogP contribution in [0, 0.1) is 0 Å². The van der Waals surface area contributed by atoms with Gasteiger partial charge in [0.15, 0.2) is 0 Å². The molecule has 130 valence electrons. The summed E-state index contributed by atoms with van der Waals surface area (Å²) in [6.07, 6.45) is 3.22. The van der Waals surface area contributed by atoms with Gasteiger partial charge in [-0.15, -0.1) is 0 Å². The zero-order chi connectivity index (χ0) is 16.9. The van der Waals surface area contributed by atoms with Gasteiger partial charge >= 0.3 is 6.03 Å². The minimum absolute atomic E-state index is 0.0632. The zero-order valence-electron chi connectivity index (χ0n) is 14.2. The van der Waals surface area contributed by atoms with Crippen molar-refractivity contribution in [1.82, 2.24) is 15.1 Å². The van der Waals surface area contributed by atoms with Crippen LogP contribution in [0.3, 0.4) is 0 Å². The third-order valence-corrected chi connectivity index (χ3v) is 4.80. The molecule has 2 saturated heterocycles. The predicted molar refractivity (Wildman–Crippen MR) is 90.8 cm³/mol. The molecular weight excluding hydrogens is 306 g/mol. The van der Waals surface area contributed by atoms with E-state index in [0.717, 1.165) is 50.0 Å². The molecule has 1 aromatic rings. The van der Waals surface area contributed by atoms with Gasteiger partial charge in [0.25, 0.3) is 5.91 Å². The average Bonchev–Trinajstić information content (AvgIpc) is 3.30. The predicted octanol–water partition coefficient (Wildman–Crippen LogP) is 1.85. The first kappa shape index (κ1) is 16.8. The smallest absolute Gasteiger partial charge is 0.317 e. The van der Waals surface area contributed by atoms with Crippen LogP contribution in [0.25, 0.3) is 0 Å². The molecule has 1 aromatic carbocycles. The molecule has 3 rings (SSSR count). The minimum atomic E-state index is -0.0632. The maximum Gasteiger partial charge on any atom is 0.317 e. The fraction of sp³-hybridized carbons (Fsp3) is 0.556. The molecule has 2 aliphatic rings. The number of nitrogens with zero attached hydrogens (tertiary/aromatic N) is 2. The number of benzene rings is 1.